The van der Waals surface area contributed by atoms with Crippen molar-refractivity contribution in [1.82, 2.24) is 4.90 Å². The SMILES string of the molecule is C=C(C)CC(C)C(=O)N1CCC(O)C12CCCCC2. The maximum absolute atomic E-state index is 12.7. The number of amides is 1. The molecule has 3 nitrogen and oxygen atoms in total. The lowest BCUT2D eigenvalue weighted by molar-refractivity contribution is -0.143. The van der Waals surface area contributed by atoms with Gasteiger partial charge in [-0.25, -0.2) is 0 Å². The summed E-state index contributed by atoms with van der Waals surface area (Å²) in [6.45, 7) is 8.58. The maximum Gasteiger partial charge on any atom is 0.226 e. The van der Waals surface area contributed by atoms with Crippen LogP contribution in [0.2, 0.25) is 0 Å². The van der Waals surface area contributed by atoms with Crippen LogP contribution < -0.4 is 0 Å². The number of hydrogen-bond acceptors (Lipinski definition) is 2. The van der Waals surface area contributed by atoms with Gasteiger partial charge in [-0.3, -0.25) is 4.79 Å². The largest absolute Gasteiger partial charge is 0.391 e. The summed E-state index contributed by atoms with van der Waals surface area (Å²) < 4.78 is 0. The van der Waals surface area contributed by atoms with Gasteiger partial charge in [0, 0.05) is 12.5 Å². The van der Waals surface area contributed by atoms with Crippen LogP contribution in [0, 0.1) is 5.92 Å². The third kappa shape index (κ3) is 2.71. The Hall–Kier alpha value is -0.830. The van der Waals surface area contributed by atoms with E-state index in [1.54, 1.807) is 0 Å². The quantitative estimate of drug-likeness (QED) is 0.797. The molecule has 2 atom stereocenters. The molecule has 1 aliphatic carbocycles. The van der Waals surface area contributed by atoms with Crippen molar-refractivity contribution < 1.29 is 9.90 Å². The van der Waals surface area contributed by atoms with Gasteiger partial charge in [0.2, 0.25) is 5.91 Å². The summed E-state index contributed by atoms with van der Waals surface area (Å²) in [5.74, 6) is 0.197. The molecular formula is C16H27NO2. The van der Waals surface area contributed by atoms with Crippen molar-refractivity contribution in [3.8, 4) is 0 Å². The van der Waals surface area contributed by atoms with E-state index in [0.717, 1.165) is 50.6 Å². The van der Waals surface area contributed by atoms with Crippen molar-refractivity contribution in [2.45, 2.75) is 70.4 Å². The molecule has 0 radical (unpaired) electrons. The first-order valence-electron chi connectivity index (χ1n) is 7.61. The first-order chi connectivity index (χ1) is 8.97. The van der Waals surface area contributed by atoms with Crippen molar-refractivity contribution in [1.29, 1.82) is 0 Å². The second-order valence-electron chi connectivity index (χ2n) is 6.52. The normalized spacial score (nSPS) is 27.5. The Morgan fingerprint density at radius 1 is 1.42 bits per heavy atom. The molecule has 1 saturated carbocycles. The summed E-state index contributed by atoms with van der Waals surface area (Å²) >= 11 is 0. The Morgan fingerprint density at radius 2 is 2.05 bits per heavy atom. The van der Waals surface area contributed by atoms with E-state index in [4.69, 9.17) is 0 Å². The van der Waals surface area contributed by atoms with E-state index in [-0.39, 0.29) is 23.5 Å². The fraction of sp³-hybridized carbons (Fsp3) is 0.812. The number of nitrogens with zero attached hydrogens (tertiary/aromatic N) is 1. The van der Waals surface area contributed by atoms with Gasteiger partial charge < -0.3 is 10.0 Å². The number of hydrogen-bond donors (Lipinski definition) is 1. The Kier molecular flexibility index (Phi) is 4.34. The maximum atomic E-state index is 12.7. The minimum atomic E-state index is -0.325. The Bertz CT molecular complexity index is 358. The van der Waals surface area contributed by atoms with Gasteiger partial charge in [-0.1, -0.05) is 31.8 Å². The van der Waals surface area contributed by atoms with Crippen LogP contribution in [0.3, 0.4) is 0 Å². The molecule has 0 aromatic rings. The minimum absolute atomic E-state index is 0.0124. The molecule has 2 fully saturated rings. The van der Waals surface area contributed by atoms with E-state index in [2.05, 4.69) is 6.58 Å². The lowest BCUT2D eigenvalue weighted by Crippen LogP contribution is -2.55. The average Bonchev–Trinajstić information content (AvgIpc) is 2.66. The number of aliphatic hydroxyl groups is 1. The van der Waals surface area contributed by atoms with Crippen LogP contribution in [0.5, 0.6) is 0 Å². The van der Waals surface area contributed by atoms with Gasteiger partial charge in [0.05, 0.1) is 11.6 Å². The van der Waals surface area contributed by atoms with Crippen LogP contribution in [0.15, 0.2) is 12.2 Å². The van der Waals surface area contributed by atoms with Gasteiger partial charge in [0.1, 0.15) is 0 Å². The fourth-order valence-corrected chi connectivity index (χ4v) is 3.90. The molecular weight excluding hydrogens is 238 g/mol. The molecule has 2 rings (SSSR count). The number of allylic oxidation sites excluding steroid dienone is 1. The highest BCUT2D eigenvalue weighted by atomic mass is 16.3. The zero-order valence-corrected chi connectivity index (χ0v) is 12.3. The molecule has 2 unspecified atom stereocenters. The van der Waals surface area contributed by atoms with E-state index in [1.165, 1.54) is 6.42 Å². The zero-order chi connectivity index (χ0) is 14.0. The van der Waals surface area contributed by atoms with Gasteiger partial charge in [0.15, 0.2) is 0 Å². The highest BCUT2D eigenvalue weighted by Crippen LogP contribution is 2.42. The van der Waals surface area contributed by atoms with E-state index >= 15 is 0 Å². The number of rotatable bonds is 3. The van der Waals surface area contributed by atoms with E-state index < -0.39 is 0 Å². The Balaban J connectivity index is 2.13. The highest BCUT2D eigenvalue weighted by molar-refractivity contribution is 5.80. The van der Waals surface area contributed by atoms with Gasteiger partial charge in [-0.15, -0.1) is 6.58 Å². The molecule has 0 aromatic carbocycles. The summed E-state index contributed by atoms with van der Waals surface area (Å²) in [4.78, 5) is 14.7. The standard InChI is InChI=1S/C16H27NO2/c1-12(2)11-13(3)15(19)17-10-7-14(18)16(17)8-5-4-6-9-16/h13-14,18H,1,4-11H2,2-3H3. The molecule has 3 heteroatoms. The topological polar surface area (TPSA) is 40.5 Å². The summed E-state index contributed by atoms with van der Waals surface area (Å²) in [5.41, 5.74) is 0.803. The second-order valence-corrected chi connectivity index (χ2v) is 6.52. The van der Waals surface area contributed by atoms with Crippen molar-refractivity contribution in [3.63, 3.8) is 0 Å². The molecule has 2 aliphatic rings. The second kappa shape index (κ2) is 5.66. The van der Waals surface area contributed by atoms with Crippen LogP contribution in [0.1, 0.15) is 58.8 Å². The van der Waals surface area contributed by atoms with Crippen LogP contribution in [-0.2, 0) is 4.79 Å². The lowest BCUT2D eigenvalue weighted by atomic mass is 9.77. The van der Waals surface area contributed by atoms with E-state index in [9.17, 15) is 9.90 Å². The summed E-state index contributed by atoms with van der Waals surface area (Å²) in [6, 6.07) is 0. The Labute approximate surface area is 116 Å². The van der Waals surface area contributed by atoms with Crippen molar-refractivity contribution in [3.05, 3.63) is 12.2 Å². The first-order valence-corrected chi connectivity index (χ1v) is 7.61. The Morgan fingerprint density at radius 3 is 2.63 bits per heavy atom. The molecule has 108 valence electrons. The molecule has 1 aliphatic heterocycles. The minimum Gasteiger partial charge on any atom is -0.391 e. The molecule has 0 bridgehead atoms. The summed E-state index contributed by atoms with van der Waals surface area (Å²) in [6.07, 6.45) is 6.61. The average molecular weight is 265 g/mol. The number of carbonyl (C=O) groups is 1. The van der Waals surface area contributed by atoms with E-state index in [1.807, 2.05) is 18.7 Å². The molecule has 1 spiro atoms. The molecule has 1 amide bonds. The monoisotopic (exact) mass is 265 g/mol. The van der Waals surface area contributed by atoms with Crippen LogP contribution >= 0.6 is 0 Å². The van der Waals surface area contributed by atoms with Crippen LogP contribution in [0.4, 0.5) is 0 Å². The smallest absolute Gasteiger partial charge is 0.226 e. The van der Waals surface area contributed by atoms with Crippen molar-refractivity contribution in [2.24, 2.45) is 5.92 Å². The number of carbonyl (C=O) groups excluding carboxylic acids is 1. The molecule has 0 aromatic heterocycles. The first kappa shape index (κ1) is 14.6. The summed E-state index contributed by atoms with van der Waals surface area (Å²) in [5, 5.41) is 10.4. The lowest BCUT2D eigenvalue weighted by Gasteiger charge is -2.44. The predicted octanol–water partition coefficient (Wildman–Crippen LogP) is 2.88. The van der Waals surface area contributed by atoms with Crippen LogP contribution in [0.25, 0.3) is 0 Å². The van der Waals surface area contributed by atoms with Crippen LogP contribution in [-0.4, -0.2) is 34.1 Å². The predicted molar refractivity (Wildman–Crippen MR) is 76.7 cm³/mol. The number of aliphatic hydroxyl groups excluding tert-OH is 1. The molecule has 1 N–H and O–H groups in total. The van der Waals surface area contributed by atoms with Gasteiger partial charge in [-0.05, 0) is 32.6 Å². The third-order valence-electron chi connectivity index (χ3n) is 4.85. The third-order valence-corrected chi connectivity index (χ3v) is 4.85. The molecule has 19 heavy (non-hydrogen) atoms. The summed E-state index contributed by atoms with van der Waals surface area (Å²) in [7, 11) is 0. The zero-order valence-electron chi connectivity index (χ0n) is 12.3. The van der Waals surface area contributed by atoms with E-state index in [0.29, 0.717) is 0 Å². The molecule has 1 saturated heterocycles. The number of likely N-dealkylation sites (tertiary alicyclic amines) is 1. The fourth-order valence-electron chi connectivity index (χ4n) is 3.90. The van der Waals surface area contributed by atoms with Crippen molar-refractivity contribution >= 4 is 5.91 Å². The highest BCUT2D eigenvalue weighted by Gasteiger charge is 2.50. The molecule has 1 heterocycles. The van der Waals surface area contributed by atoms with Gasteiger partial charge >= 0.3 is 0 Å². The van der Waals surface area contributed by atoms with Gasteiger partial charge in [-0.2, -0.15) is 0 Å². The van der Waals surface area contributed by atoms with Gasteiger partial charge in [0.25, 0.3) is 0 Å². The van der Waals surface area contributed by atoms with Crippen molar-refractivity contribution in [2.75, 3.05) is 6.54 Å².